The van der Waals surface area contributed by atoms with Gasteiger partial charge in [0.1, 0.15) is 11.3 Å². The Morgan fingerprint density at radius 1 is 1.24 bits per heavy atom. The predicted octanol–water partition coefficient (Wildman–Crippen LogP) is 4.52. The molecule has 0 saturated heterocycles. The third-order valence-corrected chi connectivity index (χ3v) is 3.71. The zero-order valence-electron chi connectivity index (χ0n) is 11.8. The number of halogens is 1. The Balaban J connectivity index is 1.81. The lowest BCUT2D eigenvalue weighted by Gasteiger charge is -2.11. The molecule has 0 fully saturated rings. The minimum absolute atomic E-state index is 0.672. The molecule has 0 aliphatic rings. The fraction of sp³-hybridized carbons (Fsp3) is 0.188. The van der Waals surface area contributed by atoms with Crippen LogP contribution < -0.4 is 10.1 Å². The van der Waals surface area contributed by atoms with Crippen LogP contribution in [0.3, 0.4) is 0 Å². The summed E-state index contributed by atoms with van der Waals surface area (Å²) in [5, 5.41) is 3.38. The van der Waals surface area contributed by atoms with E-state index in [1.165, 1.54) is 0 Å². The Labute approximate surface area is 131 Å². The molecule has 0 amide bonds. The van der Waals surface area contributed by atoms with Crippen LogP contribution in [0.2, 0.25) is 0 Å². The Morgan fingerprint density at radius 2 is 2.10 bits per heavy atom. The average Bonchev–Trinajstić information content (AvgIpc) is 2.84. The number of rotatable bonds is 4. The van der Waals surface area contributed by atoms with E-state index in [9.17, 15) is 0 Å². The van der Waals surface area contributed by atoms with Gasteiger partial charge in [0.25, 0.3) is 0 Å². The number of ether oxygens (including phenoxy) is 1. The van der Waals surface area contributed by atoms with Crippen molar-refractivity contribution in [1.82, 2.24) is 4.98 Å². The molecule has 1 N–H and O–H groups in total. The number of nitrogens with zero attached hydrogens (tertiary/aromatic N) is 1. The maximum Gasteiger partial charge on any atom is 0.192 e. The van der Waals surface area contributed by atoms with E-state index in [1.807, 2.05) is 43.3 Å². The summed E-state index contributed by atoms with van der Waals surface area (Å²) in [7, 11) is 1.68. The van der Waals surface area contributed by atoms with Gasteiger partial charge in [-0.15, -0.1) is 0 Å². The number of methoxy groups -OCH3 is 1. The number of aryl methyl sites for hydroxylation is 1. The summed E-state index contributed by atoms with van der Waals surface area (Å²) in [6, 6.07) is 11.9. The van der Waals surface area contributed by atoms with Gasteiger partial charge in [0.05, 0.1) is 7.11 Å². The van der Waals surface area contributed by atoms with Crippen LogP contribution in [0.15, 0.2) is 45.3 Å². The van der Waals surface area contributed by atoms with Crippen LogP contribution in [0.1, 0.15) is 11.5 Å². The Hall–Kier alpha value is -2.01. The molecule has 0 aliphatic heterocycles. The number of benzene rings is 2. The number of fused-ring (bicyclic) bond motifs is 1. The second-order valence-electron chi connectivity index (χ2n) is 4.73. The van der Waals surface area contributed by atoms with Crippen LogP contribution in [-0.4, -0.2) is 12.1 Å². The van der Waals surface area contributed by atoms with Crippen LogP contribution in [0.5, 0.6) is 5.75 Å². The lowest BCUT2D eigenvalue weighted by molar-refractivity contribution is 0.410. The summed E-state index contributed by atoms with van der Waals surface area (Å²) >= 11 is 3.48. The van der Waals surface area contributed by atoms with Crippen molar-refractivity contribution in [3.63, 3.8) is 0 Å². The quantitative estimate of drug-likeness (QED) is 0.754. The lowest BCUT2D eigenvalue weighted by atomic mass is 10.2. The SMILES string of the molecule is COc1ccc(Br)cc1CNc1ccc2oc(C)nc2c1. The van der Waals surface area contributed by atoms with Gasteiger partial charge < -0.3 is 14.5 Å². The molecule has 0 radical (unpaired) electrons. The molecule has 0 spiro atoms. The molecule has 5 heteroatoms. The van der Waals surface area contributed by atoms with Gasteiger partial charge in [-0.3, -0.25) is 0 Å². The third-order valence-electron chi connectivity index (χ3n) is 3.22. The molecule has 0 aliphatic carbocycles. The van der Waals surface area contributed by atoms with Crippen LogP contribution in [0, 0.1) is 6.92 Å². The number of anilines is 1. The van der Waals surface area contributed by atoms with Crippen molar-refractivity contribution < 1.29 is 9.15 Å². The summed E-state index contributed by atoms with van der Waals surface area (Å²) in [4.78, 5) is 4.34. The van der Waals surface area contributed by atoms with E-state index in [4.69, 9.17) is 9.15 Å². The minimum Gasteiger partial charge on any atom is -0.496 e. The fourth-order valence-corrected chi connectivity index (χ4v) is 2.64. The molecular weight excluding hydrogens is 332 g/mol. The van der Waals surface area contributed by atoms with Crippen LogP contribution >= 0.6 is 15.9 Å². The molecule has 0 saturated carbocycles. The Morgan fingerprint density at radius 3 is 2.90 bits per heavy atom. The first-order valence-electron chi connectivity index (χ1n) is 6.59. The first-order chi connectivity index (χ1) is 10.2. The molecule has 3 aromatic rings. The Kier molecular flexibility index (Phi) is 3.84. The van der Waals surface area contributed by atoms with E-state index in [0.717, 1.165) is 32.6 Å². The zero-order valence-corrected chi connectivity index (χ0v) is 13.4. The topological polar surface area (TPSA) is 47.3 Å². The number of hydrogen-bond acceptors (Lipinski definition) is 4. The number of nitrogens with one attached hydrogen (secondary N) is 1. The summed E-state index contributed by atoms with van der Waals surface area (Å²) in [5.41, 5.74) is 3.75. The lowest BCUT2D eigenvalue weighted by Crippen LogP contribution is -2.01. The summed E-state index contributed by atoms with van der Waals surface area (Å²) < 4.78 is 11.9. The van der Waals surface area contributed by atoms with Gasteiger partial charge >= 0.3 is 0 Å². The average molecular weight is 347 g/mol. The smallest absolute Gasteiger partial charge is 0.192 e. The summed E-state index contributed by atoms with van der Waals surface area (Å²) in [5.74, 6) is 1.54. The molecular formula is C16H15BrN2O2. The molecule has 0 bridgehead atoms. The van der Waals surface area contributed by atoms with Crippen molar-refractivity contribution in [3.8, 4) is 5.75 Å². The highest BCUT2D eigenvalue weighted by Crippen LogP contribution is 2.25. The van der Waals surface area contributed by atoms with Gasteiger partial charge in [0, 0.05) is 29.2 Å². The number of aromatic nitrogens is 1. The van der Waals surface area contributed by atoms with Gasteiger partial charge in [-0.1, -0.05) is 15.9 Å². The Bertz CT molecular complexity index is 783. The molecule has 0 unspecified atom stereocenters. The molecule has 1 heterocycles. The number of oxazole rings is 1. The maximum atomic E-state index is 5.47. The highest BCUT2D eigenvalue weighted by atomic mass is 79.9. The monoisotopic (exact) mass is 346 g/mol. The second kappa shape index (κ2) is 5.77. The molecule has 108 valence electrons. The van der Waals surface area contributed by atoms with Crippen LogP contribution in [-0.2, 0) is 6.54 Å². The van der Waals surface area contributed by atoms with Gasteiger partial charge in [0.2, 0.25) is 0 Å². The predicted molar refractivity (Wildman–Crippen MR) is 86.8 cm³/mol. The zero-order chi connectivity index (χ0) is 14.8. The summed E-state index contributed by atoms with van der Waals surface area (Å²) in [6.45, 7) is 2.52. The van der Waals surface area contributed by atoms with Crippen molar-refractivity contribution in [2.75, 3.05) is 12.4 Å². The van der Waals surface area contributed by atoms with Crippen molar-refractivity contribution in [2.45, 2.75) is 13.5 Å². The molecule has 3 rings (SSSR count). The maximum absolute atomic E-state index is 5.47. The fourth-order valence-electron chi connectivity index (χ4n) is 2.24. The molecule has 4 nitrogen and oxygen atoms in total. The normalized spacial score (nSPS) is 10.8. The standard InChI is InChI=1S/C16H15BrN2O2/c1-10-19-14-8-13(4-6-16(14)21-10)18-9-11-7-12(17)3-5-15(11)20-2/h3-8,18H,9H2,1-2H3. The highest BCUT2D eigenvalue weighted by molar-refractivity contribution is 9.10. The first kappa shape index (κ1) is 13.9. The molecule has 1 aromatic heterocycles. The van der Waals surface area contributed by atoms with Crippen molar-refractivity contribution in [1.29, 1.82) is 0 Å². The van der Waals surface area contributed by atoms with Gasteiger partial charge in [-0.2, -0.15) is 0 Å². The van der Waals surface area contributed by atoms with Crippen LogP contribution in [0.25, 0.3) is 11.1 Å². The van der Waals surface area contributed by atoms with E-state index >= 15 is 0 Å². The third kappa shape index (κ3) is 3.03. The molecule has 0 atom stereocenters. The first-order valence-corrected chi connectivity index (χ1v) is 7.38. The van der Waals surface area contributed by atoms with Gasteiger partial charge in [-0.05, 0) is 36.4 Å². The van der Waals surface area contributed by atoms with E-state index in [2.05, 4.69) is 26.2 Å². The van der Waals surface area contributed by atoms with E-state index in [-0.39, 0.29) is 0 Å². The van der Waals surface area contributed by atoms with Crippen molar-refractivity contribution in [2.24, 2.45) is 0 Å². The second-order valence-corrected chi connectivity index (χ2v) is 5.64. The van der Waals surface area contributed by atoms with E-state index in [0.29, 0.717) is 12.4 Å². The van der Waals surface area contributed by atoms with Crippen molar-refractivity contribution >= 4 is 32.7 Å². The van der Waals surface area contributed by atoms with Gasteiger partial charge in [-0.25, -0.2) is 4.98 Å². The van der Waals surface area contributed by atoms with Gasteiger partial charge in [0.15, 0.2) is 11.5 Å². The molecule has 2 aromatic carbocycles. The van der Waals surface area contributed by atoms with E-state index in [1.54, 1.807) is 7.11 Å². The largest absolute Gasteiger partial charge is 0.496 e. The minimum atomic E-state index is 0.672. The van der Waals surface area contributed by atoms with E-state index < -0.39 is 0 Å². The molecule has 21 heavy (non-hydrogen) atoms. The number of hydrogen-bond donors (Lipinski definition) is 1. The highest BCUT2D eigenvalue weighted by Gasteiger charge is 2.06. The van der Waals surface area contributed by atoms with Crippen LogP contribution in [0.4, 0.5) is 5.69 Å². The summed E-state index contributed by atoms with van der Waals surface area (Å²) in [6.07, 6.45) is 0. The van der Waals surface area contributed by atoms with Crippen molar-refractivity contribution in [3.05, 3.63) is 52.3 Å².